The largest absolute Gasteiger partial charge is 0.317 e. The van der Waals surface area contributed by atoms with Gasteiger partial charge in [-0.1, -0.05) is 13.0 Å². The quantitative estimate of drug-likeness (QED) is 0.470. The van der Waals surface area contributed by atoms with Crippen molar-refractivity contribution in [1.82, 2.24) is 5.32 Å². The van der Waals surface area contributed by atoms with Crippen molar-refractivity contribution in [2.75, 3.05) is 7.05 Å². The molecule has 76 valence electrons. The summed E-state index contributed by atoms with van der Waals surface area (Å²) in [6.07, 6.45) is 8.69. The van der Waals surface area contributed by atoms with Crippen LogP contribution in [0.15, 0.2) is 12.7 Å². The van der Waals surface area contributed by atoms with E-state index in [-0.39, 0.29) is 0 Å². The Morgan fingerprint density at radius 2 is 2.23 bits per heavy atom. The fraction of sp³-hybridized carbons (Fsp3) is 0.833. The fourth-order valence-corrected chi connectivity index (χ4v) is 2.10. The minimum absolute atomic E-state index is 0.729. The van der Waals surface area contributed by atoms with Crippen LogP contribution in [0.5, 0.6) is 0 Å². The van der Waals surface area contributed by atoms with Crippen molar-refractivity contribution in [3.05, 3.63) is 12.7 Å². The first-order chi connectivity index (χ1) is 6.29. The van der Waals surface area contributed by atoms with Crippen molar-refractivity contribution in [3.63, 3.8) is 0 Å². The van der Waals surface area contributed by atoms with Gasteiger partial charge in [0.05, 0.1) is 0 Å². The van der Waals surface area contributed by atoms with Crippen molar-refractivity contribution < 1.29 is 0 Å². The molecule has 0 saturated heterocycles. The summed E-state index contributed by atoms with van der Waals surface area (Å²) in [5, 5.41) is 3.45. The van der Waals surface area contributed by atoms with E-state index < -0.39 is 0 Å². The van der Waals surface area contributed by atoms with Gasteiger partial charge in [0.25, 0.3) is 0 Å². The summed E-state index contributed by atoms with van der Waals surface area (Å²) in [4.78, 5) is 0. The summed E-state index contributed by atoms with van der Waals surface area (Å²) in [6, 6.07) is 0.729. The monoisotopic (exact) mass is 181 g/mol. The molecule has 1 fully saturated rings. The second-order valence-corrected chi connectivity index (χ2v) is 4.31. The van der Waals surface area contributed by atoms with Crippen molar-refractivity contribution in [1.29, 1.82) is 0 Å². The van der Waals surface area contributed by atoms with Crippen LogP contribution >= 0.6 is 0 Å². The Bertz CT molecular complexity index is 149. The molecule has 1 heteroatoms. The highest BCUT2D eigenvalue weighted by atomic mass is 14.9. The third kappa shape index (κ3) is 3.51. The lowest BCUT2D eigenvalue weighted by Crippen LogP contribution is -2.33. The summed E-state index contributed by atoms with van der Waals surface area (Å²) in [5.74, 6) is 1.89. The maximum Gasteiger partial charge on any atom is 0.00924 e. The molecule has 2 atom stereocenters. The summed E-state index contributed by atoms with van der Waals surface area (Å²) < 4.78 is 0. The van der Waals surface area contributed by atoms with E-state index >= 15 is 0 Å². The van der Waals surface area contributed by atoms with Crippen molar-refractivity contribution in [2.45, 2.75) is 45.1 Å². The predicted octanol–water partition coefficient (Wildman–Crippen LogP) is 2.98. The maximum atomic E-state index is 3.76. The molecule has 1 saturated carbocycles. The molecule has 1 nitrogen and oxygen atoms in total. The molecule has 1 N–H and O–H groups in total. The van der Waals surface area contributed by atoms with E-state index in [0.29, 0.717) is 0 Å². The van der Waals surface area contributed by atoms with Gasteiger partial charge < -0.3 is 5.32 Å². The first-order valence-electron chi connectivity index (χ1n) is 5.57. The highest BCUT2D eigenvalue weighted by molar-refractivity contribution is 4.86. The summed E-state index contributed by atoms with van der Waals surface area (Å²) in [6.45, 7) is 6.15. The average molecular weight is 181 g/mol. The Morgan fingerprint density at radius 1 is 1.54 bits per heavy atom. The number of unbranched alkanes of at least 4 members (excludes halogenated alkanes) is 1. The molecule has 2 unspecified atom stereocenters. The lowest BCUT2D eigenvalue weighted by Gasteiger charge is -2.23. The molecular weight excluding hydrogens is 158 g/mol. The zero-order valence-electron chi connectivity index (χ0n) is 9.05. The van der Waals surface area contributed by atoms with Gasteiger partial charge in [-0.3, -0.25) is 0 Å². The van der Waals surface area contributed by atoms with E-state index in [9.17, 15) is 0 Å². The average Bonchev–Trinajstić information content (AvgIpc) is 2.94. The normalized spacial score (nSPS) is 21.1. The van der Waals surface area contributed by atoms with Gasteiger partial charge in [-0.15, -0.1) is 6.58 Å². The minimum Gasteiger partial charge on any atom is -0.317 e. The summed E-state index contributed by atoms with van der Waals surface area (Å²) in [5.41, 5.74) is 0. The lowest BCUT2D eigenvalue weighted by atomic mass is 9.92. The first-order valence-corrected chi connectivity index (χ1v) is 5.57. The van der Waals surface area contributed by atoms with Crippen molar-refractivity contribution in [3.8, 4) is 0 Å². The number of allylic oxidation sites excluding steroid dienone is 1. The zero-order valence-corrected chi connectivity index (χ0v) is 9.05. The minimum atomic E-state index is 0.729. The Balaban J connectivity index is 2.19. The van der Waals surface area contributed by atoms with E-state index in [0.717, 1.165) is 24.3 Å². The van der Waals surface area contributed by atoms with Gasteiger partial charge in [0.1, 0.15) is 0 Å². The van der Waals surface area contributed by atoms with E-state index in [1.165, 1.54) is 25.7 Å². The molecule has 0 aromatic rings. The van der Waals surface area contributed by atoms with Gasteiger partial charge in [-0.25, -0.2) is 0 Å². The summed E-state index contributed by atoms with van der Waals surface area (Å²) in [7, 11) is 2.09. The molecule has 1 rings (SSSR count). The molecule has 0 radical (unpaired) electrons. The molecule has 0 amide bonds. The lowest BCUT2D eigenvalue weighted by molar-refractivity contribution is 0.337. The number of hydrogen-bond donors (Lipinski definition) is 1. The smallest absolute Gasteiger partial charge is 0.00924 e. The predicted molar refractivity (Wildman–Crippen MR) is 58.8 cm³/mol. The van der Waals surface area contributed by atoms with Crippen LogP contribution < -0.4 is 5.32 Å². The van der Waals surface area contributed by atoms with Crippen LogP contribution in [0, 0.1) is 11.8 Å². The Hall–Kier alpha value is -0.300. The topological polar surface area (TPSA) is 12.0 Å². The summed E-state index contributed by atoms with van der Waals surface area (Å²) >= 11 is 0. The number of rotatable bonds is 7. The zero-order chi connectivity index (χ0) is 9.68. The second kappa shape index (κ2) is 5.43. The van der Waals surface area contributed by atoms with E-state index in [2.05, 4.69) is 25.9 Å². The van der Waals surface area contributed by atoms with Crippen molar-refractivity contribution in [2.24, 2.45) is 11.8 Å². The Labute approximate surface area is 82.6 Å². The highest BCUT2D eigenvalue weighted by Crippen LogP contribution is 2.38. The van der Waals surface area contributed by atoms with E-state index in [4.69, 9.17) is 0 Å². The van der Waals surface area contributed by atoms with Gasteiger partial charge in [0.15, 0.2) is 0 Å². The molecule has 0 aromatic heterocycles. The van der Waals surface area contributed by atoms with Crippen LogP contribution in [0.4, 0.5) is 0 Å². The molecule has 1 aliphatic rings. The van der Waals surface area contributed by atoms with Crippen LogP contribution in [-0.4, -0.2) is 13.1 Å². The molecular formula is C12H23N. The van der Waals surface area contributed by atoms with E-state index in [1.807, 2.05) is 6.08 Å². The Kier molecular flexibility index (Phi) is 4.51. The van der Waals surface area contributed by atoms with Gasteiger partial charge >= 0.3 is 0 Å². The number of hydrogen-bond acceptors (Lipinski definition) is 1. The third-order valence-corrected chi connectivity index (χ3v) is 3.29. The number of nitrogens with one attached hydrogen (secondary N) is 1. The fourth-order valence-electron chi connectivity index (χ4n) is 2.10. The van der Waals surface area contributed by atoms with Gasteiger partial charge in [0.2, 0.25) is 0 Å². The van der Waals surface area contributed by atoms with Gasteiger partial charge in [-0.05, 0) is 51.0 Å². The third-order valence-electron chi connectivity index (χ3n) is 3.29. The maximum absolute atomic E-state index is 3.76. The van der Waals surface area contributed by atoms with Crippen LogP contribution in [0.2, 0.25) is 0 Å². The van der Waals surface area contributed by atoms with Crippen LogP contribution in [0.25, 0.3) is 0 Å². The first kappa shape index (κ1) is 10.8. The molecule has 1 aliphatic carbocycles. The highest BCUT2D eigenvalue weighted by Gasteiger charge is 2.32. The van der Waals surface area contributed by atoms with Crippen LogP contribution in [0.1, 0.15) is 39.0 Å². The molecule has 0 bridgehead atoms. The SMILES string of the molecule is C=CCCCC(NC)C(C)C1CC1. The standard InChI is InChI=1S/C12H23N/c1-4-5-6-7-12(13-3)10(2)11-8-9-11/h4,10-13H,1,5-9H2,2-3H3. The molecule has 0 heterocycles. The van der Waals surface area contributed by atoms with Gasteiger partial charge in [0, 0.05) is 6.04 Å². The molecule has 0 spiro atoms. The molecule has 13 heavy (non-hydrogen) atoms. The van der Waals surface area contributed by atoms with Crippen molar-refractivity contribution >= 4 is 0 Å². The van der Waals surface area contributed by atoms with Gasteiger partial charge in [-0.2, -0.15) is 0 Å². The van der Waals surface area contributed by atoms with Crippen LogP contribution in [-0.2, 0) is 0 Å². The molecule has 0 aliphatic heterocycles. The molecule has 0 aromatic carbocycles. The Morgan fingerprint density at radius 3 is 2.69 bits per heavy atom. The second-order valence-electron chi connectivity index (χ2n) is 4.31. The van der Waals surface area contributed by atoms with Crippen LogP contribution in [0.3, 0.4) is 0 Å². The van der Waals surface area contributed by atoms with E-state index in [1.54, 1.807) is 0 Å².